The third-order valence-electron chi connectivity index (χ3n) is 4.04. The van der Waals surface area contributed by atoms with Gasteiger partial charge in [0, 0.05) is 17.6 Å². The fourth-order valence-corrected chi connectivity index (χ4v) is 2.69. The predicted molar refractivity (Wildman–Crippen MR) is 96.3 cm³/mol. The van der Waals surface area contributed by atoms with E-state index < -0.39 is 6.10 Å². The Morgan fingerprint density at radius 1 is 1.17 bits per heavy atom. The lowest BCUT2D eigenvalue weighted by molar-refractivity contribution is 0.00855. The van der Waals surface area contributed by atoms with E-state index in [1.54, 1.807) is 12.1 Å². The lowest BCUT2D eigenvalue weighted by atomic mass is 10.1. The number of likely N-dealkylation sites (N-methyl/N-ethyl adjacent to an activating group) is 1. The summed E-state index contributed by atoms with van der Waals surface area (Å²) < 4.78 is 5.57. The summed E-state index contributed by atoms with van der Waals surface area (Å²) in [5, 5.41) is 20.4. The lowest BCUT2D eigenvalue weighted by Gasteiger charge is -2.27. The topological polar surface area (TPSA) is 52.9 Å². The molecule has 0 aliphatic rings. The van der Waals surface area contributed by atoms with Gasteiger partial charge in [0.1, 0.15) is 5.75 Å². The molecule has 2 unspecified atom stereocenters. The van der Waals surface area contributed by atoms with Crippen molar-refractivity contribution in [2.75, 3.05) is 20.2 Å². The molecule has 4 nitrogen and oxygen atoms in total. The van der Waals surface area contributed by atoms with Gasteiger partial charge < -0.3 is 14.9 Å². The zero-order chi connectivity index (χ0) is 17.5. The Kier molecular flexibility index (Phi) is 7.06. The third-order valence-corrected chi connectivity index (χ3v) is 4.41. The molecular weight excluding hydrogens is 326 g/mol. The first-order valence-corrected chi connectivity index (χ1v) is 8.33. The molecule has 130 valence electrons. The number of rotatable bonds is 8. The summed E-state index contributed by atoms with van der Waals surface area (Å²) in [6.07, 6.45) is -0.600. The Hall–Kier alpha value is -1.59. The van der Waals surface area contributed by atoms with Crippen LogP contribution in [0, 0.1) is 0 Å². The first-order valence-electron chi connectivity index (χ1n) is 7.95. The molecule has 5 heteroatoms. The third kappa shape index (κ3) is 5.49. The zero-order valence-electron chi connectivity index (χ0n) is 14.0. The van der Waals surface area contributed by atoms with E-state index in [2.05, 4.69) is 0 Å². The first-order chi connectivity index (χ1) is 11.5. The Morgan fingerprint density at radius 3 is 2.62 bits per heavy atom. The summed E-state index contributed by atoms with van der Waals surface area (Å²) in [5.41, 5.74) is 1.91. The van der Waals surface area contributed by atoms with Crippen molar-refractivity contribution in [3.8, 4) is 5.75 Å². The van der Waals surface area contributed by atoms with Gasteiger partial charge in [-0.1, -0.05) is 41.9 Å². The van der Waals surface area contributed by atoms with E-state index >= 15 is 0 Å². The minimum absolute atomic E-state index is 0.0790. The van der Waals surface area contributed by atoms with Crippen LogP contribution in [0.1, 0.15) is 24.1 Å². The van der Waals surface area contributed by atoms with Gasteiger partial charge in [-0.25, -0.2) is 0 Å². The molecule has 0 heterocycles. The minimum atomic E-state index is -0.600. The number of aliphatic hydroxyl groups excluding tert-OH is 1. The number of phenols is 1. The van der Waals surface area contributed by atoms with Gasteiger partial charge >= 0.3 is 0 Å². The van der Waals surface area contributed by atoms with Gasteiger partial charge in [0.05, 0.1) is 19.3 Å². The molecule has 24 heavy (non-hydrogen) atoms. The number of halogens is 1. The molecule has 0 amide bonds. The molecule has 0 aromatic heterocycles. The van der Waals surface area contributed by atoms with Gasteiger partial charge in [-0.05, 0) is 43.3 Å². The highest BCUT2D eigenvalue weighted by Crippen LogP contribution is 2.22. The van der Waals surface area contributed by atoms with Crippen molar-refractivity contribution in [2.45, 2.75) is 25.7 Å². The van der Waals surface area contributed by atoms with Gasteiger partial charge in [-0.2, -0.15) is 0 Å². The van der Waals surface area contributed by atoms with E-state index in [1.807, 2.05) is 55.3 Å². The molecule has 0 aliphatic carbocycles. The predicted octanol–water partition coefficient (Wildman–Crippen LogP) is 3.62. The fraction of sp³-hybridized carbons (Fsp3) is 0.368. The van der Waals surface area contributed by atoms with Gasteiger partial charge in [-0.3, -0.25) is 4.90 Å². The van der Waals surface area contributed by atoms with E-state index in [0.29, 0.717) is 18.2 Å². The van der Waals surface area contributed by atoms with Crippen LogP contribution in [0.3, 0.4) is 0 Å². The highest BCUT2D eigenvalue weighted by molar-refractivity contribution is 6.31. The lowest BCUT2D eigenvalue weighted by Crippen LogP contribution is -2.34. The zero-order valence-corrected chi connectivity index (χ0v) is 14.8. The quantitative estimate of drug-likeness (QED) is 0.764. The summed E-state index contributed by atoms with van der Waals surface area (Å²) in [7, 11) is 1.94. The number of nitrogens with zero attached hydrogens (tertiary/aromatic N) is 1. The van der Waals surface area contributed by atoms with Crippen LogP contribution in [0.25, 0.3) is 0 Å². The number of benzene rings is 2. The van der Waals surface area contributed by atoms with Crippen molar-refractivity contribution in [3.63, 3.8) is 0 Å². The summed E-state index contributed by atoms with van der Waals surface area (Å²) >= 11 is 6.07. The van der Waals surface area contributed by atoms with Crippen molar-refractivity contribution in [3.05, 3.63) is 64.7 Å². The number of hydrogen-bond donors (Lipinski definition) is 2. The van der Waals surface area contributed by atoms with Crippen LogP contribution in [-0.4, -0.2) is 41.4 Å². The highest BCUT2D eigenvalue weighted by atomic mass is 35.5. The van der Waals surface area contributed by atoms with Gasteiger partial charge in [0.25, 0.3) is 0 Å². The number of ether oxygens (including phenoxy) is 1. The molecule has 2 rings (SSSR count). The standard InChI is InChI=1S/C19H24ClNO3/c1-14(15-7-5-8-17(22)10-15)21(2)11-18(23)13-24-12-16-6-3-4-9-19(16)20/h3-10,14,18,22-23H,11-13H2,1-2H3. The largest absolute Gasteiger partial charge is 0.508 e. The van der Waals surface area contributed by atoms with E-state index in [0.717, 1.165) is 11.1 Å². The van der Waals surface area contributed by atoms with Crippen LogP contribution in [0.5, 0.6) is 5.75 Å². The van der Waals surface area contributed by atoms with Crippen molar-refractivity contribution in [1.82, 2.24) is 4.90 Å². The summed E-state index contributed by atoms with van der Waals surface area (Å²) in [5.74, 6) is 0.247. The SMILES string of the molecule is CC(c1cccc(O)c1)N(C)CC(O)COCc1ccccc1Cl. The number of hydrogen-bond acceptors (Lipinski definition) is 4. The van der Waals surface area contributed by atoms with Crippen molar-refractivity contribution in [1.29, 1.82) is 0 Å². The maximum absolute atomic E-state index is 10.2. The van der Waals surface area contributed by atoms with Crippen molar-refractivity contribution in [2.24, 2.45) is 0 Å². The minimum Gasteiger partial charge on any atom is -0.508 e. The molecule has 0 saturated carbocycles. The second kappa shape index (κ2) is 9.04. The Balaban J connectivity index is 1.79. The van der Waals surface area contributed by atoms with Gasteiger partial charge in [0.15, 0.2) is 0 Å². The van der Waals surface area contributed by atoms with Crippen LogP contribution in [0.4, 0.5) is 0 Å². The molecule has 0 spiro atoms. The molecule has 0 saturated heterocycles. The van der Waals surface area contributed by atoms with E-state index in [1.165, 1.54) is 0 Å². The number of aromatic hydroxyl groups is 1. The van der Waals surface area contributed by atoms with E-state index in [4.69, 9.17) is 16.3 Å². The van der Waals surface area contributed by atoms with Crippen molar-refractivity contribution >= 4 is 11.6 Å². The van der Waals surface area contributed by atoms with E-state index in [9.17, 15) is 10.2 Å². The summed E-state index contributed by atoms with van der Waals surface area (Å²) in [4.78, 5) is 2.03. The van der Waals surface area contributed by atoms with Crippen molar-refractivity contribution < 1.29 is 14.9 Å². The second-order valence-electron chi connectivity index (χ2n) is 5.97. The Morgan fingerprint density at radius 2 is 1.92 bits per heavy atom. The Bertz CT molecular complexity index is 650. The maximum atomic E-state index is 10.2. The molecule has 0 bridgehead atoms. The van der Waals surface area contributed by atoms with Crippen LogP contribution >= 0.6 is 11.6 Å². The average molecular weight is 350 g/mol. The maximum Gasteiger partial charge on any atom is 0.115 e. The molecule has 2 aromatic carbocycles. The molecule has 0 radical (unpaired) electrons. The molecule has 0 fully saturated rings. The van der Waals surface area contributed by atoms with Crippen LogP contribution in [-0.2, 0) is 11.3 Å². The fourth-order valence-electron chi connectivity index (χ4n) is 2.50. The van der Waals surface area contributed by atoms with Gasteiger partial charge in [0.2, 0.25) is 0 Å². The van der Waals surface area contributed by atoms with Crippen LogP contribution in [0.15, 0.2) is 48.5 Å². The number of aliphatic hydroxyl groups is 1. The first kappa shape index (κ1) is 18.7. The summed E-state index contributed by atoms with van der Waals surface area (Å²) in [6, 6.07) is 14.8. The molecule has 0 aliphatic heterocycles. The smallest absolute Gasteiger partial charge is 0.115 e. The molecule has 2 aromatic rings. The molecule has 2 N–H and O–H groups in total. The van der Waals surface area contributed by atoms with Crippen LogP contribution < -0.4 is 0 Å². The van der Waals surface area contributed by atoms with Gasteiger partial charge in [-0.15, -0.1) is 0 Å². The molecule has 2 atom stereocenters. The average Bonchev–Trinajstić information content (AvgIpc) is 2.56. The summed E-state index contributed by atoms with van der Waals surface area (Å²) in [6.45, 7) is 3.12. The number of phenolic OH excluding ortho intramolecular Hbond substituents is 1. The highest BCUT2D eigenvalue weighted by Gasteiger charge is 2.16. The monoisotopic (exact) mass is 349 g/mol. The van der Waals surface area contributed by atoms with Crippen LogP contribution in [0.2, 0.25) is 5.02 Å². The Labute approximate surface area is 148 Å². The normalized spacial score (nSPS) is 13.9. The second-order valence-corrected chi connectivity index (χ2v) is 6.38. The molecular formula is C19H24ClNO3. The van der Waals surface area contributed by atoms with E-state index in [-0.39, 0.29) is 18.4 Å².